The maximum atomic E-state index is 12.7. The molecule has 1 aliphatic heterocycles. The lowest BCUT2D eigenvalue weighted by molar-refractivity contribution is -0.384. The van der Waals surface area contributed by atoms with Crippen LogP contribution >= 0.6 is 24.0 Å². The van der Waals surface area contributed by atoms with E-state index in [1.54, 1.807) is 31.4 Å². The van der Waals surface area contributed by atoms with Gasteiger partial charge in [0.15, 0.2) is 4.32 Å². The average Bonchev–Trinajstić information content (AvgIpc) is 2.90. The number of nitro benzene ring substituents is 1. The van der Waals surface area contributed by atoms with Crippen molar-refractivity contribution in [3.63, 3.8) is 0 Å². The first kappa shape index (κ1) is 17.9. The molecule has 0 aromatic heterocycles. The molecular formula is C17H12N2O5S2. The minimum absolute atomic E-state index is 0.162. The first-order valence-corrected chi connectivity index (χ1v) is 8.52. The average molecular weight is 388 g/mol. The van der Waals surface area contributed by atoms with Crippen LogP contribution in [0.1, 0.15) is 5.56 Å². The summed E-state index contributed by atoms with van der Waals surface area (Å²) in [6, 6.07) is 10.4. The predicted molar refractivity (Wildman–Crippen MR) is 103 cm³/mol. The lowest BCUT2D eigenvalue weighted by atomic mass is 10.1. The van der Waals surface area contributed by atoms with E-state index in [0.29, 0.717) is 15.8 Å². The lowest BCUT2D eigenvalue weighted by Gasteiger charge is -2.14. The third-order valence-electron chi connectivity index (χ3n) is 3.63. The van der Waals surface area contributed by atoms with Crippen molar-refractivity contribution in [3.8, 4) is 11.5 Å². The molecule has 0 saturated carbocycles. The Kier molecular flexibility index (Phi) is 4.92. The Hall–Kier alpha value is -2.91. The summed E-state index contributed by atoms with van der Waals surface area (Å²) in [5.74, 6) is 0.123. The molecule has 132 valence electrons. The molecule has 0 bridgehead atoms. The van der Waals surface area contributed by atoms with Crippen LogP contribution < -0.4 is 9.64 Å². The van der Waals surface area contributed by atoms with Crippen molar-refractivity contribution in [3.05, 3.63) is 63.0 Å². The van der Waals surface area contributed by atoms with Gasteiger partial charge in [-0.15, -0.1) is 0 Å². The molecule has 1 aliphatic rings. The molecule has 9 heteroatoms. The molecule has 0 atom stereocenters. The van der Waals surface area contributed by atoms with E-state index in [1.165, 1.54) is 29.2 Å². The molecule has 3 rings (SSSR count). The van der Waals surface area contributed by atoms with Crippen LogP contribution in [0.15, 0.2) is 47.4 Å². The molecular weight excluding hydrogens is 376 g/mol. The molecule has 0 radical (unpaired) electrons. The number of phenols is 1. The van der Waals surface area contributed by atoms with Gasteiger partial charge in [0, 0.05) is 17.7 Å². The van der Waals surface area contributed by atoms with Gasteiger partial charge in [-0.2, -0.15) is 0 Å². The minimum Gasteiger partial charge on any atom is -0.507 e. The number of nitrogens with zero attached hydrogens (tertiary/aromatic N) is 2. The Morgan fingerprint density at radius 1 is 1.27 bits per heavy atom. The van der Waals surface area contributed by atoms with Crippen molar-refractivity contribution in [1.82, 2.24) is 0 Å². The van der Waals surface area contributed by atoms with Gasteiger partial charge in [0.1, 0.15) is 11.5 Å². The predicted octanol–water partition coefficient (Wildman–Crippen LogP) is 3.71. The monoisotopic (exact) mass is 388 g/mol. The van der Waals surface area contributed by atoms with Crippen molar-refractivity contribution >= 4 is 51.7 Å². The molecule has 2 aromatic rings. The zero-order valence-corrected chi connectivity index (χ0v) is 15.0. The van der Waals surface area contributed by atoms with Crippen LogP contribution in [-0.4, -0.2) is 27.4 Å². The van der Waals surface area contributed by atoms with Crippen LogP contribution in [-0.2, 0) is 4.79 Å². The summed E-state index contributed by atoms with van der Waals surface area (Å²) in [6.07, 6.45) is 1.39. The number of hydrogen-bond donors (Lipinski definition) is 1. The standard InChI is InChI=1S/C17H12N2O5S2/c1-24-13-5-2-11(3-6-13)18-16(21)15(26-17(18)25)9-10-8-12(19(22)23)4-7-14(10)20/h2-9,20H,1H3/b15-9-. The molecule has 1 saturated heterocycles. The van der Waals surface area contributed by atoms with E-state index in [4.69, 9.17) is 17.0 Å². The Balaban J connectivity index is 1.94. The molecule has 1 N–H and O–H groups in total. The summed E-state index contributed by atoms with van der Waals surface area (Å²) in [6.45, 7) is 0. The Morgan fingerprint density at radius 2 is 1.96 bits per heavy atom. The van der Waals surface area contributed by atoms with E-state index in [2.05, 4.69) is 0 Å². The number of carbonyl (C=O) groups excluding carboxylic acids is 1. The summed E-state index contributed by atoms with van der Waals surface area (Å²) in [4.78, 5) is 24.7. The zero-order chi connectivity index (χ0) is 18.8. The van der Waals surface area contributed by atoms with Gasteiger partial charge in [0.25, 0.3) is 11.6 Å². The fourth-order valence-corrected chi connectivity index (χ4v) is 3.62. The van der Waals surface area contributed by atoms with Crippen LogP contribution in [0, 0.1) is 10.1 Å². The Bertz CT molecular complexity index is 941. The number of rotatable bonds is 4. The van der Waals surface area contributed by atoms with Gasteiger partial charge in [-0.05, 0) is 36.4 Å². The molecule has 1 fully saturated rings. The highest BCUT2D eigenvalue weighted by atomic mass is 32.2. The lowest BCUT2D eigenvalue weighted by Crippen LogP contribution is -2.27. The van der Waals surface area contributed by atoms with Crippen molar-refractivity contribution in [2.45, 2.75) is 0 Å². The van der Waals surface area contributed by atoms with E-state index >= 15 is 0 Å². The van der Waals surface area contributed by atoms with E-state index in [1.807, 2.05) is 0 Å². The molecule has 0 aliphatic carbocycles. The first-order valence-electron chi connectivity index (χ1n) is 7.30. The van der Waals surface area contributed by atoms with E-state index in [0.717, 1.165) is 11.8 Å². The van der Waals surface area contributed by atoms with Gasteiger partial charge >= 0.3 is 0 Å². The maximum absolute atomic E-state index is 12.7. The van der Waals surface area contributed by atoms with E-state index in [-0.39, 0.29) is 27.8 Å². The molecule has 7 nitrogen and oxygen atoms in total. The molecule has 26 heavy (non-hydrogen) atoms. The second-order valence-corrected chi connectivity index (χ2v) is 6.89. The largest absolute Gasteiger partial charge is 0.507 e. The van der Waals surface area contributed by atoms with Gasteiger partial charge in [-0.1, -0.05) is 24.0 Å². The van der Waals surface area contributed by atoms with Gasteiger partial charge in [0.05, 0.1) is 22.6 Å². The number of thiocarbonyl (C=S) groups is 1. The third-order valence-corrected chi connectivity index (χ3v) is 4.94. The number of benzene rings is 2. The SMILES string of the molecule is COc1ccc(N2C(=O)/C(=C/c3cc([N+](=O)[O-])ccc3O)SC2=S)cc1. The Morgan fingerprint density at radius 3 is 2.58 bits per heavy atom. The summed E-state index contributed by atoms with van der Waals surface area (Å²) < 4.78 is 5.42. The summed E-state index contributed by atoms with van der Waals surface area (Å²) >= 11 is 6.34. The minimum atomic E-state index is -0.570. The number of non-ortho nitro benzene ring substituents is 1. The van der Waals surface area contributed by atoms with E-state index in [9.17, 15) is 20.0 Å². The van der Waals surface area contributed by atoms with Gasteiger partial charge in [0.2, 0.25) is 0 Å². The van der Waals surface area contributed by atoms with Crippen LogP contribution in [0.4, 0.5) is 11.4 Å². The quantitative estimate of drug-likeness (QED) is 0.369. The highest BCUT2D eigenvalue weighted by Crippen LogP contribution is 2.37. The molecule has 0 unspecified atom stereocenters. The Labute approximate surface area is 158 Å². The smallest absolute Gasteiger partial charge is 0.270 e. The number of amides is 1. The van der Waals surface area contributed by atoms with Gasteiger partial charge in [-0.3, -0.25) is 19.8 Å². The number of carbonyl (C=O) groups is 1. The topological polar surface area (TPSA) is 92.9 Å². The van der Waals surface area contributed by atoms with Crippen molar-refractivity contribution in [2.75, 3.05) is 12.0 Å². The number of thioether (sulfide) groups is 1. The maximum Gasteiger partial charge on any atom is 0.270 e. The first-order chi connectivity index (χ1) is 12.4. The van der Waals surface area contributed by atoms with Crippen LogP contribution in [0.2, 0.25) is 0 Å². The number of nitro groups is 1. The number of phenolic OH excluding ortho intramolecular Hbond substituents is 1. The molecule has 2 aromatic carbocycles. The fourth-order valence-electron chi connectivity index (χ4n) is 2.33. The highest BCUT2D eigenvalue weighted by Gasteiger charge is 2.33. The number of aromatic hydroxyl groups is 1. The molecule has 1 heterocycles. The van der Waals surface area contributed by atoms with E-state index < -0.39 is 4.92 Å². The molecule has 1 amide bonds. The highest BCUT2D eigenvalue weighted by molar-refractivity contribution is 8.27. The van der Waals surface area contributed by atoms with Crippen LogP contribution in [0.3, 0.4) is 0 Å². The van der Waals surface area contributed by atoms with Crippen molar-refractivity contribution < 1.29 is 19.6 Å². The third kappa shape index (κ3) is 3.39. The fraction of sp³-hybridized carbons (Fsp3) is 0.0588. The van der Waals surface area contributed by atoms with Gasteiger partial charge in [-0.25, -0.2) is 0 Å². The van der Waals surface area contributed by atoms with Crippen molar-refractivity contribution in [2.24, 2.45) is 0 Å². The summed E-state index contributed by atoms with van der Waals surface area (Å²) in [5.41, 5.74) is 0.578. The van der Waals surface area contributed by atoms with Gasteiger partial charge < -0.3 is 9.84 Å². The number of methoxy groups -OCH3 is 1. The zero-order valence-electron chi connectivity index (χ0n) is 13.4. The molecule has 0 spiro atoms. The second-order valence-electron chi connectivity index (χ2n) is 5.22. The number of hydrogen-bond acceptors (Lipinski definition) is 7. The number of ether oxygens (including phenoxy) is 1. The van der Waals surface area contributed by atoms with Crippen molar-refractivity contribution in [1.29, 1.82) is 0 Å². The summed E-state index contributed by atoms with van der Waals surface area (Å²) in [7, 11) is 1.54. The normalized spacial score (nSPS) is 15.6. The van der Waals surface area contributed by atoms with Crippen LogP contribution in [0.25, 0.3) is 6.08 Å². The summed E-state index contributed by atoms with van der Waals surface area (Å²) in [5, 5.41) is 20.8. The second kappa shape index (κ2) is 7.14. The number of anilines is 1. The van der Waals surface area contributed by atoms with Crippen LogP contribution in [0.5, 0.6) is 11.5 Å².